The molecule has 0 radical (unpaired) electrons. The van der Waals surface area contributed by atoms with Gasteiger partial charge in [-0.05, 0) is 79.1 Å². The van der Waals surface area contributed by atoms with Gasteiger partial charge in [0, 0.05) is 27.2 Å². The SMILES string of the molecule is CCC(Sc1cccc(NC(=O)/C(=C\c2ccc(OC)c(OC)c2)NC(=O)c2ccccc2)c1)C(=O)Nc1cc(C)c(Cl)cc1OC. The van der Waals surface area contributed by atoms with E-state index < -0.39 is 17.1 Å². The van der Waals surface area contributed by atoms with Crippen molar-refractivity contribution in [3.8, 4) is 17.2 Å². The number of nitrogens with one attached hydrogen (secondary N) is 3. The molecule has 0 aliphatic rings. The van der Waals surface area contributed by atoms with Gasteiger partial charge in [0.15, 0.2) is 11.5 Å². The second kappa shape index (κ2) is 16.6. The molecule has 244 valence electrons. The van der Waals surface area contributed by atoms with Crippen molar-refractivity contribution >= 4 is 58.5 Å². The summed E-state index contributed by atoms with van der Waals surface area (Å²) in [7, 11) is 4.57. The van der Waals surface area contributed by atoms with Gasteiger partial charge in [-0.1, -0.05) is 48.9 Å². The summed E-state index contributed by atoms with van der Waals surface area (Å²) in [5.41, 5.74) is 2.85. The maximum atomic E-state index is 13.6. The fraction of sp³-hybridized carbons (Fsp3) is 0.194. The van der Waals surface area contributed by atoms with E-state index in [-0.39, 0.29) is 11.6 Å². The van der Waals surface area contributed by atoms with Crippen LogP contribution in [-0.4, -0.2) is 44.3 Å². The minimum atomic E-state index is -0.541. The zero-order valence-electron chi connectivity index (χ0n) is 26.7. The molecule has 0 saturated carbocycles. The van der Waals surface area contributed by atoms with Gasteiger partial charge in [-0.15, -0.1) is 11.8 Å². The zero-order chi connectivity index (χ0) is 33.9. The normalized spacial score (nSPS) is 11.7. The van der Waals surface area contributed by atoms with Gasteiger partial charge in [-0.2, -0.15) is 0 Å². The Kier molecular flexibility index (Phi) is 12.3. The van der Waals surface area contributed by atoms with Gasteiger partial charge in [0.1, 0.15) is 11.4 Å². The van der Waals surface area contributed by atoms with Crippen molar-refractivity contribution in [3.63, 3.8) is 0 Å². The fourth-order valence-electron chi connectivity index (χ4n) is 4.53. The lowest BCUT2D eigenvalue weighted by atomic mass is 10.1. The maximum Gasteiger partial charge on any atom is 0.272 e. The van der Waals surface area contributed by atoms with Crippen molar-refractivity contribution in [1.82, 2.24) is 5.32 Å². The molecule has 1 atom stereocenters. The molecule has 0 fully saturated rings. The van der Waals surface area contributed by atoms with E-state index in [0.29, 0.717) is 51.2 Å². The third-order valence-corrected chi connectivity index (χ3v) is 8.78. The molecule has 0 aliphatic heterocycles. The van der Waals surface area contributed by atoms with E-state index in [4.69, 9.17) is 25.8 Å². The Bertz CT molecular complexity index is 1780. The van der Waals surface area contributed by atoms with E-state index in [1.165, 1.54) is 33.1 Å². The molecule has 3 N–H and O–H groups in total. The van der Waals surface area contributed by atoms with Crippen molar-refractivity contribution in [2.45, 2.75) is 30.4 Å². The smallest absolute Gasteiger partial charge is 0.272 e. The molecule has 0 aliphatic carbocycles. The summed E-state index contributed by atoms with van der Waals surface area (Å²) < 4.78 is 16.1. The second-order valence-corrected chi connectivity index (χ2v) is 12.0. The number of anilines is 2. The quantitative estimate of drug-likeness (QED) is 0.0989. The van der Waals surface area contributed by atoms with E-state index in [0.717, 1.165) is 10.5 Å². The van der Waals surface area contributed by atoms with Gasteiger partial charge in [-0.25, -0.2) is 0 Å². The molecule has 1 unspecified atom stereocenters. The Morgan fingerprint density at radius 1 is 0.830 bits per heavy atom. The summed E-state index contributed by atoms with van der Waals surface area (Å²) in [4.78, 5) is 40.8. The Hall–Kier alpha value is -4.93. The molecule has 0 aromatic heterocycles. The van der Waals surface area contributed by atoms with Crippen LogP contribution in [0.15, 0.2) is 95.5 Å². The highest BCUT2D eigenvalue weighted by Gasteiger charge is 2.21. The van der Waals surface area contributed by atoms with Crippen LogP contribution in [0.2, 0.25) is 5.02 Å². The molecular weight excluding hydrogens is 638 g/mol. The van der Waals surface area contributed by atoms with Crippen LogP contribution in [-0.2, 0) is 9.59 Å². The number of carbonyl (C=O) groups is 3. The number of rotatable bonds is 13. The van der Waals surface area contributed by atoms with Gasteiger partial charge in [0.2, 0.25) is 5.91 Å². The highest BCUT2D eigenvalue weighted by atomic mass is 35.5. The highest BCUT2D eigenvalue weighted by molar-refractivity contribution is 8.00. The molecular formula is C36H36ClN3O6S. The fourth-order valence-corrected chi connectivity index (χ4v) is 5.69. The molecule has 4 rings (SSSR count). The van der Waals surface area contributed by atoms with Crippen molar-refractivity contribution in [1.29, 1.82) is 0 Å². The van der Waals surface area contributed by atoms with Crippen molar-refractivity contribution in [3.05, 3.63) is 112 Å². The first-order chi connectivity index (χ1) is 22.6. The van der Waals surface area contributed by atoms with E-state index in [1.807, 2.05) is 19.9 Å². The summed E-state index contributed by atoms with van der Waals surface area (Å²) in [6.07, 6.45) is 2.10. The largest absolute Gasteiger partial charge is 0.495 e. The predicted octanol–water partition coefficient (Wildman–Crippen LogP) is 7.59. The minimum Gasteiger partial charge on any atom is -0.495 e. The first-order valence-electron chi connectivity index (χ1n) is 14.7. The molecule has 47 heavy (non-hydrogen) atoms. The van der Waals surface area contributed by atoms with Crippen LogP contribution in [0, 0.1) is 6.92 Å². The number of hydrogen-bond donors (Lipinski definition) is 3. The van der Waals surface area contributed by atoms with Crippen LogP contribution < -0.4 is 30.2 Å². The van der Waals surface area contributed by atoms with Gasteiger partial charge in [-0.3, -0.25) is 14.4 Å². The van der Waals surface area contributed by atoms with Crippen LogP contribution in [0.25, 0.3) is 6.08 Å². The molecule has 0 heterocycles. The summed E-state index contributed by atoms with van der Waals surface area (Å²) in [6, 6.07) is 24.4. The number of thioether (sulfide) groups is 1. The number of benzene rings is 4. The van der Waals surface area contributed by atoms with E-state index >= 15 is 0 Å². The first-order valence-corrected chi connectivity index (χ1v) is 15.9. The molecule has 11 heteroatoms. The van der Waals surface area contributed by atoms with Crippen molar-refractivity contribution in [2.75, 3.05) is 32.0 Å². The third-order valence-electron chi connectivity index (χ3n) is 7.02. The number of aryl methyl sites for hydroxylation is 1. The lowest BCUT2D eigenvalue weighted by molar-refractivity contribution is -0.116. The summed E-state index contributed by atoms with van der Waals surface area (Å²) in [5.74, 6) is 0.284. The highest BCUT2D eigenvalue weighted by Crippen LogP contribution is 2.34. The Balaban J connectivity index is 1.54. The van der Waals surface area contributed by atoms with E-state index in [2.05, 4.69) is 16.0 Å². The number of methoxy groups -OCH3 is 3. The summed E-state index contributed by atoms with van der Waals surface area (Å²) in [5, 5.41) is 8.68. The lowest BCUT2D eigenvalue weighted by Gasteiger charge is -2.18. The number of halogens is 1. The monoisotopic (exact) mass is 673 g/mol. The lowest BCUT2D eigenvalue weighted by Crippen LogP contribution is -2.30. The van der Waals surface area contributed by atoms with Crippen LogP contribution in [0.1, 0.15) is 34.8 Å². The van der Waals surface area contributed by atoms with E-state index in [1.54, 1.807) is 84.9 Å². The molecule has 4 aromatic rings. The van der Waals surface area contributed by atoms with Gasteiger partial charge < -0.3 is 30.2 Å². The van der Waals surface area contributed by atoms with Gasteiger partial charge >= 0.3 is 0 Å². The van der Waals surface area contributed by atoms with Crippen LogP contribution in [0.5, 0.6) is 17.2 Å². The summed E-state index contributed by atoms with van der Waals surface area (Å²) >= 11 is 7.59. The van der Waals surface area contributed by atoms with Crippen molar-refractivity contribution in [2.24, 2.45) is 0 Å². The predicted molar refractivity (Wildman–Crippen MR) is 188 cm³/mol. The Morgan fingerprint density at radius 3 is 2.23 bits per heavy atom. The molecule has 0 saturated heterocycles. The molecule has 4 aromatic carbocycles. The van der Waals surface area contributed by atoms with Gasteiger partial charge in [0.25, 0.3) is 11.8 Å². The molecule has 3 amide bonds. The molecule has 0 spiro atoms. The van der Waals surface area contributed by atoms with Crippen LogP contribution in [0.3, 0.4) is 0 Å². The van der Waals surface area contributed by atoms with Crippen LogP contribution in [0.4, 0.5) is 11.4 Å². The summed E-state index contributed by atoms with van der Waals surface area (Å²) in [6.45, 7) is 3.78. The number of ether oxygens (including phenoxy) is 3. The van der Waals surface area contributed by atoms with Crippen molar-refractivity contribution < 1.29 is 28.6 Å². The third kappa shape index (κ3) is 9.31. The number of carbonyl (C=O) groups excluding carboxylic acids is 3. The molecule has 9 nitrogen and oxygen atoms in total. The average Bonchev–Trinajstić information content (AvgIpc) is 3.08. The standard InChI is InChI=1S/C36H36ClN3O6S/c1-6-33(36(43)39-28-17-22(2)27(37)21-31(28)45-4)47-26-14-10-13-25(20-26)38-35(42)29(40-34(41)24-11-8-7-9-12-24)18-23-15-16-30(44-3)32(19-23)46-5/h7-21,33H,6H2,1-5H3,(H,38,42)(H,39,43)(H,40,41)/b29-18+. The second-order valence-electron chi connectivity index (χ2n) is 10.3. The topological polar surface area (TPSA) is 115 Å². The minimum absolute atomic E-state index is 0.0159. The number of amides is 3. The average molecular weight is 674 g/mol. The molecule has 0 bridgehead atoms. The number of hydrogen-bond acceptors (Lipinski definition) is 7. The Labute approximate surface area is 283 Å². The Morgan fingerprint density at radius 2 is 1.55 bits per heavy atom. The van der Waals surface area contributed by atoms with Gasteiger partial charge in [0.05, 0.1) is 32.3 Å². The van der Waals surface area contributed by atoms with E-state index in [9.17, 15) is 14.4 Å². The first kappa shape index (κ1) is 34.9. The maximum absolute atomic E-state index is 13.6. The zero-order valence-corrected chi connectivity index (χ0v) is 28.3. The van der Waals surface area contributed by atoms with Crippen LogP contribution >= 0.6 is 23.4 Å².